The van der Waals surface area contributed by atoms with E-state index in [-0.39, 0.29) is 0 Å². The van der Waals surface area contributed by atoms with Crippen LogP contribution in [0.5, 0.6) is 0 Å². The molecule has 0 N–H and O–H groups in total. The van der Waals surface area contributed by atoms with Gasteiger partial charge in [-0.15, -0.1) is 0 Å². The summed E-state index contributed by atoms with van der Waals surface area (Å²) in [5.74, 6) is -0.451. The molecule has 0 bridgehead atoms. The number of benzene rings is 1. The van der Waals surface area contributed by atoms with Gasteiger partial charge in [0.1, 0.15) is 5.69 Å². The molecular weight excluding hydrogens is 268 g/mol. The van der Waals surface area contributed by atoms with Gasteiger partial charge in [0.2, 0.25) is 0 Å². The van der Waals surface area contributed by atoms with E-state index >= 15 is 0 Å². The third kappa shape index (κ3) is 2.82. The fourth-order valence-electron chi connectivity index (χ4n) is 1.73. The summed E-state index contributed by atoms with van der Waals surface area (Å²) in [6, 6.07) is 5.02. The second-order valence-electron chi connectivity index (χ2n) is 3.85. The molecule has 5 nitrogen and oxygen atoms in total. The van der Waals surface area contributed by atoms with E-state index in [1.54, 1.807) is 29.0 Å². The molecule has 98 valence electrons. The first-order valence-electron chi connectivity index (χ1n) is 5.48. The second kappa shape index (κ2) is 5.67. The van der Waals surface area contributed by atoms with Crippen molar-refractivity contribution in [1.29, 1.82) is 0 Å². The lowest BCUT2D eigenvalue weighted by molar-refractivity contribution is 0.0599. The molecule has 0 amide bonds. The van der Waals surface area contributed by atoms with Gasteiger partial charge >= 0.3 is 5.97 Å². The number of halogens is 1. The first-order chi connectivity index (χ1) is 9.15. The smallest absolute Gasteiger partial charge is 0.338 e. The minimum atomic E-state index is -0.451. The lowest BCUT2D eigenvalue weighted by Crippen LogP contribution is -2.09. The van der Waals surface area contributed by atoms with Crippen molar-refractivity contribution in [2.45, 2.75) is 6.54 Å². The van der Waals surface area contributed by atoms with Gasteiger partial charge in [-0.05, 0) is 12.1 Å². The minimum absolute atomic E-state index is 0.326. The fraction of sp³-hybridized carbons (Fsp3) is 0.154. The molecule has 1 aromatic carbocycles. The van der Waals surface area contributed by atoms with E-state index < -0.39 is 5.97 Å². The highest BCUT2D eigenvalue weighted by atomic mass is 35.5. The zero-order chi connectivity index (χ0) is 13.8. The number of methoxy groups -OCH3 is 1. The van der Waals surface area contributed by atoms with Crippen LogP contribution in [0.25, 0.3) is 0 Å². The van der Waals surface area contributed by atoms with Crippen LogP contribution in [0.3, 0.4) is 0 Å². The Hall–Kier alpha value is -2.14. The Labute approximate surface area is 114 Å². The Kier molecular flexibility index (Phi) is 3.97. The molecule has 0 fully saturated rings. The molecule has 6 heteroatoms. The standard InChI is InChI=1S/C13H11ClN2O3/c1-19-13(18)10-3-2-4-12(14)11(10)6-16-5-9(7-17)15-8-16/h2-5,7-8H,6H2,1H3. The number of esters is 1. The molecule has 0 saturated carbocycles. The van der Waals surface area contributed by atoms with E-state index in [0.717, 1.165) is 0 Å². The van der Waals surface area contributed by atoms with Crippen LogP contribution in [0.2, 0.25) is 5.02 Å². The molecule has 1 heterocycles. The third-order valence-corrected chi connectivity index (χ3v) is 2.99. The summed E-state index contributed by atoms with van der Waals surface area (Å²) in [6.07, 6.45) is 3.75. The van der Waals surface area contributed by atoms with E-state index in [1.807, 2.05) is 0 Å². The molecule has 0 unspecified atom stereocenters. The van der Waals surface area contributed by atoms with Crippen molar-refractivity contribution >= 4 is 23.9 Å². The van der Waals surface area contributed by atoms with Crippen molar-refractivity contribution in [3.05, 3.63) is 52.6 Å². The van der Waals surface area contributed by atoms with Crippen LogP contribution in [-0.4, -0.2) is 28.9 Å². The number of imidazole rings is 1. The molecule has 19 heavy (non-hydrogen) atoms. The van der Waals surface area contributed by atoms with E-state index in [4.69, 9.17) is 16.3 Å². The Morgan fingerprint density at radius 2 is 2.32 bits per heavy atom. The Morgan fingerprint density at radius 1 is 1.53 bits per heavy atom. The normalized spacial score (nSPS) is 10.2. The molecule has 0 spiro atoms. The monoisotopic (exact) mass is 278 g/mol. The minimum Gasteiger partial charge on any atom is -0.465 e. The lowest BCUT2D eigenvalue weighted by atomic mass is 10.1. The first kappa shape index (κ1) is 13.3. The van der Waals surface area contributed by atoms with E-state index in [9.17, 15) is 9.59 Å². The van der Waals surface area contributed by atoms with Crippen molar-refractivity contribution in [3.63, 3.8) is 0 Å². The first-order valence-corrected chi connectivity index (χ1v) is 5.86. The highest BCUT2D eigenvalue weighted by Crippen LogP contribution is 2.22. The predicted molar refractivity (Wildman–Crippen MR) is 69.5 cm³/mol. The molecule has 0 radical (unpaired) electrons. The molecule has 0 aliphatic rings. The van der Waals surface area contributed by atoms with Gasteiger partial charge in [-0.25, -0.2) is 9.78 Å². The average Bonchev–Trinajstić information content (AvgIpc) is 2.88. The number of aromatic nitrogens is 2. The molecule has 0 atom stereocenters. The maximum Gasteiger partial charge on any atom is 0.338 e. The van der Waals surface area contributed by atoms with E-state index in [0.29, 0.717) is 34.7 Å². The largest absolute Gasteiger partial charge is 0.465 e. The SMILES string of the molecule is COC(=O)c1cccc(Cl)c1Cn1cnc(C=O)c1. The summed E-state index contributed by atoms with van der Waals surface area (Å²) >= 11 is 6.11. The van der Waals surface area contributed by atoms with Gasteiger partial charge < -0.3 is 9.30 Å². The number of carbonyl (C=O) groups excluding carboxylic acids is 2. The van der Waals surface area contributed by atoms with Crippen molar-refractivity contribution < 1.29 is 14.3 Å². The summed E-state index contributed by atoms with van der Waals surface area (Å²) < 4.78 is 6.40. The molecule has 0 saturated heterocycles. The van der Waals surface area contributed by atoms with Crippen molar-refractivity contribution in [3.8, 4) is 0 Å². The molecule has 2 aromatic rings. The van der Waals surface area contributed by atoms with Gasteiger partial charge in [0.15, 0.2) is 6.29 Å². The predicted octanol–water partition coefficient (Wildman–Crippen LogP) is 2.18. The zero-order valence-electron chi connectivity index (χ0n) is 10.2. The van der Waals surface area contributed by atoms with Crippen LogP contribution in [0.1, 0.15) is 26.4 Å². The molecular formula is C13H11ClN2O3. The van der Waals surface area contributed by atoms with Crippen LogP contribution in [0.15, 0.2) is 30.7 Å². The Balaban J connectivity index is 2.38. The van der Waals surface area contributed by atoms with Crippen LogP contribution in [0.4, 0.5) is 0 Å². The number of aldehydes is 1. The quantitative estimate of drug-likeness (QED) is 0.635. The number of rotatable bonds is 4. The highest BCUT2D eigenvalue weighted by molar-refractivity contribution is 6.31. The van der Waals surface area contributed by atoms with E-state index in [2.05, 4.69) is 4.98 Å². The molecule has 0 aliphatic heterocycles. The van der Waals surface area contributed by atoms with Gasteiger partial charge in [0, 0.05) is 16.8 Å². The van der Waals surface area contributed by atoms with Crippen LogP contribution in [0, 0.1) is 0 Å². The van der Waals surface area contributed by atoms with Gasteiger partial charge in [-0.3, -0.25) is 4.79 Å². The number of ether oxygens (including phenoxy) is 1. The fourth-order valence-corrected chi connectivity index (χ4v) is 1.96. The van der Waals surface area contributed by atoms with Crippen LogP contribution < -0.4 is 0 Å². The maximum absolute atomic E-state index is 11.7. The lowest BCUT2D eigenvalue weighted by Gasteiger charge is -2.10. The molecule has 1 aromatic heterocycles. The second-order valence-corrected chi connectivity index (χ2v) is 4.25. The van der Waals surface area contributed by atoms with Crippen molar-refractivity contribution in [2.24, 2.45) is 0 Å². The van der Waals surface area contributed by atoms with Crippen molar-refractivity contribution in [2.75, 3.05) is 7.11 Å². The molecule has 0 aliphatic carbocycles. The maximum atomic E-state index is 11.7. The van der Waals surface area contributed by atoms with Gasteiger partial charge in [0.05, 0.1) is 25.5 Å². The molecule has 2 rings (SSSR count). The number of nitrogens with zero attached hydrogens (tertiary/aromatic N) is 2. The van der Waals surface area contributed by atoms with Gasteiger partial charge in [-0.2, -0.15) is 0 Å². The number of hydrogen-bond donors (Lipinski definition) is 0. The van der Waals surface area contributed by atoms with Gasteiger partial charge in [-0.1, -0.05) is 17.7 Å². The number of hydrogen-bond acceptors (Lipinski definition) is 4. The van der Waals surface area contributed by atoms with Gasteiger partial charge in [0.25, 0.3) is 0 Å². The Bertz CT molecular complexity index is 622. The van der Waals surface area contributed by atoms with Crippen molar-refractivity contribution in [1.82, 2.24) is 9.55 Å². The third-order valence-electron chi connectivity index (χ3n) is 2.64. The number of carbonyl (C=O) groups is 2. The summed E-state index contributed by atoms with van der Waals surface area (Å²) in [5.41, 5.74) is 1.36. The summed E-state index contributed by atoms with van der Waals surface area (Å²) in [5, 5.41) is 0.462. The summed E-state index contributed by atoms with van der Waals surface area (Å²) in [7, 11) is 1.31. The van der Waals surface area contributed by atoms with Crippen LogP contribution >= 0.6 is 11.6 Å². The van der Waals surface area contributed by atoms with E-state index in [1.165, 1.54) is 13.4 Å². The summed E-state index contributed by atoms with van der Waals surface area (Å²) in [6.45, 7) is 0.338. The average molecular weight is 279 g/mol. The highest BCUT2D eigenvalue weighted by Gasteiger charge is 2.15. The topological polar surface area (TPSA) is 61.2 Å². The Morgan fingerprint density at radius 3 is 2.95 bits per heavy atom. The summed E-state index contributed by atoms with van der Waals surface area (Å²) in [4.78, 5) is 26.2. The zero-order valence-corrected chi connectivity index (χ0v) is 10.9. The van der Waals surface area contributed by atoms with Crippen LogP contribution in [-0.2, 0) is 11.3 Å².